The maximum atomic E-state index is 12.3. The van der Waals surface area contributed by atoms with Crippen LogP contribution < -0.4 is 11.2 Å². The topological polar surface area (TPSA) is 112 Å². The Kier molecular flexibility index (Phi) is 5.40. The Morgan fingerprint density at radius 2 is 2.12 bits per heavy atom. The van der Waals surface area contributed by atoms with Crippen LogP contribution in [-0.4, -0.2) is 31.2 Å². The van der Waals surface area contributed by atoms with E-state index < -0.39 is 5.25 Å². The van der Waals surface area contributed by atoms with Gasteiger partial charge in [0.15, 0.2) is 11.6 Å². The lowest BCUT2D eigenvalue weighted by molar-refractivity contribution is -0.115. The number of aryl methyl sites for hydroxylation is 1. The zero-order valence-electron chi connectivity index (χ0n) is 13.7. The summed E-state index contributed by atoms with van der Waals surface area (Å²) in [6.07, 6.45) is 0. The third-order valence-electron chi connectivity index (χ3n) is 3.37. The van der Waals surface area contributed by atoms with E-state index in [2.05, 4.69) is 20.7 Å². The van der Waals surface area contributed by atoms with Crippen molar-refractivity contribution in [1.82, 2.24) is 20.0 Å². The summed E-state index contributed by atoms with van der Waals surface area (Å²) in [5.41, 5.74) is 0.591. The van der Waals surface area contributed by atoms with Crippen LogP contribution in [0.2, 0.25) is 10.0 Å². The number of nitrogens with two attached hydrogens (primary N) is 1. The van der Waals surface area contributed by atoms with E-state index in [0.717, 1.165) is 11.8 Å². The number of carbonyl (C=O) groups excluding carboxylic acids is 1. The molecule has 0 radical (unpaired) electrons. The maximum absolute atomic E-state index is 12.3. The average Bonchev–Trinajstić information content (AvgIpc) is 3.14. The van der Waals surface area contributed by atoms with E-state index in [0.29, 0.717) is 38.2 Å². The number of nitrogen functional groups attached to an aromatic ring is 1. The Morgan fingerprint density at radius 3 is 2.77 bits per heavy atom. The van der Waals surface area contributed by atoms with Gasteiger partial charge in [0.2, 0.25) is 11.1 Å². The summed E-state index contributed by atoms with van der Waals surface area (Å²) >= 11 is 13.2. The quantitative estimate of drug-likeness (QED) is 0.487. The second-order valence-corrected chi connectivity index (χ2v) is 7.52. The number of nitrogens with zero attached hydrogens (tertiary/aromatic N) is 4. The lowest BCUT2D eigenvalue weighted by Gasteiger charge is -2.10. The molecule has 1 amide bonds. The number of carbonyl (C=O) groups is 1. The Balaban J connectivity index is 1.74. The van der Waals surface area contributed by atoms with Crippen LogP contribution >= 0.6 is 35.0 Å². The first-order valence-electron chi connectivity index (χ1n) is 7.42. The molecule has 0 aliphatic rings. The van der Waals surface area contributed by atoms with Crippen LogP contribution in [0.1, 0.15) is 12.7 Å². The predicted octanol–water partition coefficient (Wildman–Crippen LogP) is 3.38. The molecule has 3 aromatic rings. The first kappa shape index (κ1) is 18.6. The van der Waals surface area contributed by atoms with Crippen molar-refractivity contribution in [1.29, 1.82) is 0 Å². The molecule has 0 saturated carbocycles. The van der Waals surface area contributed by atoms with Gasteiger partial charge in [0.05, 0.1) is 10.3 Å². The third-order valence-corrected chi connectivity index (χ3v) is 4.97. The van der Waals surface area contributed by atoms with Crippen molar-refractivity contribution in [3.8, 4) is 11.4 Å². The molecule has 0 saturated heterocycles. The minimum atomic E-state index is -0.493. The second-order valence-electron chi connectivity index (χ2n) is 5.37. The lowest BCUT2D eigenvalue weighted by atomic mass is 10.2. The highest BCUT2D eigenvalue weighted by Crippen LogP contribution is 2.31. The molecule has 0 bridgehead atoms. The zero-order chi connectivity index (χ0) is 18.8. The van der Waals surface area contributed by atoms with Crippen molar-refractivity contribution >= 4 is 46.7 Å². The summed E-state index contributed by atoms with van der Waals surface area (Å²) in [5, 5.41) is 15.3. The molecule has 1 unspecified atom stereocenters. The smallest absolute Gasteiger partial charge is 0.238 e. The van der Waals surface area contributed by atoms with Crippen LogP contribution in [0.25, 0.3) is 11.4 Å². The van der Waals surface area contributed by atoms with Crippen LogP contribution in [0.5, 0.6) is 0 Å². The van der Waals surface area contributed by atoms with E-state index in [4.69, 9.17) is 33.6 Å². The molecule has 8 nitrogen and oxygen atoms in total. The Bertz CT molecular complexity index is 958. The number of aromatic nitrogens is 4. The van der Waals surface area contributed by atoms with Gasteiger partial charge < -0.3 is 15.7 Å². The SMILES string of the molecule is Cc1cc(NC(=O)C(C)Sc2nnc(-c3ccc(Cl)cc3Cl)n2N)no1. The summed E-state index contributed by atoms with van der Waals surface area (Å²) in [4.78, 5) is 12.3. The minimum Gasteiger partial charge on any atom is -0.360 e. The molecule has 0 aliphatic heterocycles. The van der Waals surface area contributed by atoms with Crippen LogP contribution in [0.3, 0.4) is 0 Å². The van der Waals surface area contributed by atoms with Gasteiger partial charge in [-0.25, -0.2) is 4.68 Å². The fraction of sp³-hybridized carbons (Fsp3) is 0.200. The van der Waals surface area contributed by atoms with Gasteiger partial charge >= 0.3 is 0 Å². The Hall–Kier alpha value is -2.23. The van der Waals surface area contributed by atoms with Crippen molar-refractivity contribution in [2.45, 2.75) is 24.3 Å². The number of amides is 1. The van der Waals surface area contributed by atoms with Crippen LogP contribution in [0, 0.1) is 6.92 Å². The highest BCUT2D eigenvalue weighted by atomic mass is 35.5. The fourth-order valence-corrected chi connectivity index (χ4v) is 3.34. The van der Waals surface area contributed by atoms with Gasteiger partial charge in [0.1, 0.15) is 5.76 Å². The fourth-order valence-electron chi connectivity index (χ4n) is 2.08. The summed E-state index contributed by atoms with van der Waals surface area (Å²) in [6, 6.07) is 6.60. The van der Waals surface area contributed by atoms with Gasteiger partial charge in [-0.05, 0) is 32.0 Å². The van der Waals surface area contributed by atoms with E-state index >= 15 is 0 Å². The third kappa shape index (κ3) is 3.95. The van der Waals surface area contributed by atoms with Crippen LogP contribution in [0.15, 0.2) is 33.9 Å². The van der Waals surface area contributed by atoms with Gasteiger partial charge in [0.25, 0.3) is 0 Å². The van der Waals surface area contributed by atoms with E-state index in [-0.39, 0.29) is 5.91 Å². The zero-order valence-corrected chi connectivity index (χ0v) is 16.1. The number of benzene rings is 1. The number of rotatable bonds is 5. The molecule has 0 fully saturated rings. The first-order chi connectivity index (χ1) is 12.3. The molecule has 2 aromatic heterocycles. The Labute approximate surface area is 163 Å². The van der Waals surface area contributed by atoms with Crippen molar-refractivity contribution in [3.05, 3.63) is 40.1 Å². The monoisotopic (exact) mass is 412 g/mol. The van der Waals surface area contributed by atoms with Crippen molar-refractivity contribution in [2.24, 2.45) is 0 Å². The summed E-state index contributed by atoms with van der Waals surface area (Å²) in [5.74, 6) is 7.12. The molecule has 1 aromatic carbocycles. The largest absolute Gasteiger partial charge is 0.360 e. The van der Waals surface area contributed by atoms with Crippen molar-refractivity contribution in [3.63, 3.8) is 0 Å². The summed E-state index contributed by atoms with van der Waals surface area (Å²) in [6.45, 7) is 3.46. The molecule has 0 spiro atoms. The van der Waals surface area contributed by atoms with Gasteiger partial charge in [-0.2, -0.15) is 0 Å². The van der Waals surface area contributed by atoms with Gasteiger partial charge in [-0.3, -0.25) is 4.79 Å². The van der Waals surface area contributed by atoms with Crippen LogP contribution in [-0.2, 0) is 4.79 Å². The highest BCUT2D eigenvalue weighted by molar-refractivity contribution is 8.00. The molecule has 3 rings (SSSR count). The number of hydrogen-bond acceptors (Lipinski definition) is 7. The molecule has 26 heavy (non-hydrogen) atoms. The molecule has 136 valence electrons. The van der Waals surface area contributed by atoms with Gasteiger partial charge in [0, 0.05) is 16.7 Å². The molecular formula is C15H14Cl2N6O2S. The highest BCUT2D eigenvalue weighted by Gasteiger charge is 2.21. The number of nitrogens with one attached hydrogen (secondary N) is 1. The van der Waals surface area contributed by atoms with E-state index in [1.165, 1.54) is 4.68 Å². The second kappa shape index (κ2) is 7.56. The van der Waals surface area contributed by atoms with E-state index in [1.54, 1.807) is 38.1 Å². The first-order valence-corrected chi connectivity index (χ1v) is 9.05. The molecule has 3 N–H and O–H groups in total. The van der Waals surface area contributed by atoms with Crippen molar-refractivity contribution in [2.75, 3.05) is 11.2 Å². The van der Waals surface area contributed by atoms with Gasteiger partial charge in [-0.15, -0.1) is 10.2 Å². The van der Waals surface area contributed by atoms with Crippen molar-refractivity contribution < 1.29 is 9.32 Å². The number of halogens is 2. The molecule has 1 atom stereocenters. The predicted molar refractivity (Wildman–Crippen MR) is 101 cm³/mol. The lowest BCUT2D eigenvalue weighted by Crippen LogP contribution is -2.23. The van der Waals surface area contributed by atoms with E-state index in [1.807, 2.05) is 0 Å². The minimum absolute atomic E-state index is 0.266. The molecule has 2 heterocycles. The number of anilines is 1. The standard InChI is InChI=1S/C15H14Cl2N6O2S/c1-7-5-12(22-25-7)19-14(24)8(2)26-15-21-20-13(23(15)18)10-4-3-9(16)6-11(10)17/h3-6,8H,18H2,1-2H3,(H,19,22,24). The summed E-state index contributed by atoms with van der Waals surface area (Å²) in [7, 11) is 0. The van der Waals surface area contributed by atoms with Crippen LogP contribution in [0.4, 0.5) is 5.82 Å². The van der Waals surface area contributed by atoms with E-state index in [9.17, 15) is 4.79 Å². The Morgan fingerprint density at radius 1 is 1.35 bits per heavy atom. The number of thioether (sulfide) groups is 1. The number of hydrogen-bond donors (Lipinski definition) is 2. The molecule has 0 aliphatic carbocycles. The molecule has 11 heteroatoms. The van der Waals surface area contributed by atoms with Gasteiger partial charge in [-0.1, -0.05) is 40.1 Å². The average molecular weight is 413 g/mol. The summed E-state index contributed by atoms with van der Waals surface area (Å²) < 4.78 is 6.20. The molecular weight excluding hydrogens is 399 g/mol. The maximum Gasteiger partial charge on any atom is 0.238 e. The normalized spacial score (nSPS) is 12.2.